The Kier molecular flexibility index (Phi) is 1.90. The Bertz CT molecular complexity index is 300. The Balaban J connectivity index is 1.50. The van der Waals surface area contributed by atoms with Crippen molar-refractivity contribution in [3.05, 3.63) is 0 Å². The monoisotopic (exact) mass is 220 g/mol. The molecular weight excluding hydrogens is 200 g/mol. The summed E-state index contributed by atoms with van der Waals surface area (Å²) in [6.45, 7) is 1.07. The first kappa shape index (κ1) is 9.46. The molecule has 16 heavy (non-hydrogen) atoms. The molecule has 0 aromatic heterocycles. The van der Waals surface area contributed by atoms with Gasteiger partial charge in [-0.3, -0.25) is 4.79 Å². The van der Waals surface area contributed by atoms with Gasteiger partial charge in [0.15, 0.2) is 0 Å². The van der Waals surface area contributed by atoms with Crippen LogP contribution in [0.5, 0.6) is 0 Å². The number of hydrogen-bond acceptors (Lipinski definition) is 2. The van der Waals surface area contributed by atoms with Crippen molar-refractivity contribution in [2.45, 2.75) is 56.7 Å². The number of nitrogens with zero attached hydrogens (tertiary/aromatic N) is 1. The van der Waals surface area contributed by atoms with E-state index in [2.05, 4.69) is 10.2 Å². The van der Waals surface area contributed by atoms with Gasteiger partial charge in [0.25, 0.3) is 0 Å². The Morgan fingerprint density at radius 3 is 2.62 bits per heavy atom. The van der Waals surface area contributed by atoms with Crippen LogP contribution in [0.3, 0.4) is 0 Å². The third-order valence-corrected chi connectivity index (χ3v) is 5.31. The van der Waals surface area contributed by atoms with E-state index in [9.17, 15) is 4.79 Å². The minimum absolute atomic E-state index is 0.318. The van der Waals surface area contributed by atoms with E-state index in [1.807, 2.05) is 0 Å². The lowest BCUT2D eigenvalue weighted by molar-refractivity contribution is -0.137. The summed E-state index contributed by atoms with van der Waals surface area (Å²) in [5.41, 5.74) is 0. The molecule has 1 amide bonds. The third kappa shape index (κ3) is 1.21. The number of likely N-dealkylation sites (tertiary alicyclic amines) is 1. The Morgan fingerprint density at radius 2 is 2.06 bits per heavy atom. The van der Waals surface area contributed by atoms with Crippen LogP contribution in [0.15, 0.2) is 0 Å². The molecule has 4 rings (SSSR count). The van der Waals surface area contributed by atoms with E-state index in [0.717, 1.165) is 18.9 Å². The molecule has 0 aromatic carbocycles. The van der Waals surface area contributed by atoms with Crippen LogP contribution in [-0.2, 0) is 4.79 Å². The molecule has 5 unspecified atom stereocenters. The van der Waals surface area contributed by atoms with E-state index >= 15 is 0 Å². The highest BCUT2D eigenvalue weighted by molar-refractivity contribution is 5.81. The van der Waals surface area contributed by atoms with E-state index in [0.29, 0.717) is 30.0 Å². The van der Waals surface area contributed by atoms with Gasteiger partial charge < -0.3 is 10.2 Å². The highest BCUT2D eigenvalue weighted by Crippen LogP contribution is 2.41. The lowest BCUT2D eigenvalue weighted by Crippen LogP contribution is -2.44. The molecule has 1 aliphatic carbocycles. The standard InChI is InChI=1S/C13H20N2O/c16-13(11-6-9-2-4-12(11)14-9)15-7-8-1-3-10(15)5-8/h8-12,14H,1-7H2. The molecule has 1 N–H and O–H groups in total. The largest absolute Gasteiger partial charge is 0.339 e. The van der Waals surface area contributed by atoms with Crippen LogP contribution in [0.2, 0.25) is 0 Å². The van der Waals surface area contributed by atoms with E-state index < -0.39 is 0 Å². The number of carbonyl (C=O) groups excluding carboxylic acids is 1. The van der Waals surface area contributed by atoms with Crippen LogP contribution in [-0.4, -0.2) is 35.5 Å². The van der Waals surface area contributed by atoms with Crippen molar-refractivity contribution in [1.29, 1.82) is 0 Å². The summed E-state index contributed by atoms with van der Waals surface area (Å²) < 4.78 is 0. The van der Waals surface area contributed by atoms with Crippen molar-refractivity contribution in [2.24, 2.45) is 11.8 Å². The van der Waals surface area contributed by atoms with Crippen LogP contribution in [0.25, 0.3) is 0 Å². The van der Waals surface area contributed by atoms with Gasteiger partial charge in [-0.05, 0) is 44.4 Å². The summed E-state index contributed by atoms with van der Waals surface area (Å²) >= 11 is 0. The summed E-state index contributed by atoms with van der Waals surface area (Å²) in [4.78, 5) is 14.7. The van der Waals surface area contributed by atoms with Crippen LogP contribution >= 0.6 is 0 Å². The molecule has 3 heteroatoms. The van der Waals surface area contributed by atoms with Crippen LogP contribution < -0.4 is 5.32 Å². The Hall–Kier alpha value is -0.570. The van der Waals surface area contributed by atoms with Gasteiger partial charge in [-0.2, -0.15) is 0 Å². The molecule has 3 saturated heterocycles. The molecule has 3 nitrogen and oxygen atoms in total. The second kappa shape index (κ2) is 3.22. The molecule has 0 aromatic rings. The van der Waals surface area contributed by atoms with Gasteiger partial charge in [0.2, 0.25) is 5.91 Å². The summed E-state index contributed by atoms with van der Waals surface area (Å²) in [5.74, 6) is 1.63. The van der Waals surface area contributed by atoms with Gasteiger partial charge >= 0.3 is 0 Å². The molecule has 4 aliphatic rings. The normalized spacial score (nSPS) is 49.2. The molecule has 88 valence electrons. The number of carbonyl (C=O) groups is 1. The topological polar surface area (TPSA) is 32.3 Å². The van der Waals surface area contributed by atoms with E-state index in [4.69, 9.17) is 0 Å². The van der Waals surface area contributed by atoms with E-state index in [1.54, 1.807) is 0 Å². The van der Waals surface area contributed by atoms with Crippen LogP contribution in [0.4, 0.5) is 0 Å². The SMILES string of the molecule is O=C(C1CC2CCC1N2)N1CC2CCC1C2. The first-order valence-corrected chi connectivity index (χ1v) is 6.88. The molecule has 3 heterocycles. The molecular formula is C13H20N2O. The van der Waals surface area contributed by atoms with Crippen molar-refractivity contribution in [3.8, 4) is 0 Å². The average Bonchev–Trinajstić information content (AvgIpc) is 3.06. The quantitative estimate of drug-likeness (QED) is 0.718. The van der Waals surface area contributed by atoms with Gasteiger partial charge in [0.05, 0.1) is 5.92 Å². The lowest BCUT2D eigenvalue weighted by Gasteiger charge is -2.31. The van der Waals surface area contributed by atoms with Crippen LogP contribution in [0.1, 0.15) is 38.5 Å². The fraction of sp³-hybridized carbons (Fsp3) is 0.923. The maximum absolute atomic E-state index is 12.5. The van der Waals surface area contributed by atoms with Crippen molar-refractivity contribution >= 4 is 5.91 Å². The van der Waals surface area contributed by atoms with Crippen molar-refractivity contribution < 1.29 is 4.79 Å². The summed E-state index contributed by atoms with van der Waals surface area (Å²) in [6.07, 6.45) is 7.55. The second-order valence-corrected chi connectivity index (χ2v) is 6.21. The molecule has 3 aliphatic heterocycles. The number of hydrogen-bond donors (Lipinski definition) is 1. The smallest absolute Gasteiger partial charge is 0.227 e. The molecule has 1 saturated carbocycles. The number of rotatable bonds is 1. The molecule has 0 spiro atoms. The zero-order chi connectivity index (χ0) is 10.7. The zero-order valence-corrected chi connectivity index (χ0v) is 9.69. The summed E-state index contributed by atoms with van der Waals surface area (Å²) in [5, 5.41) is 3.58. The van der Waals surface area contributed by atoms with Gasteiger partial charge in [0.1, 0.15) is 0 Å². The number of fused-ring (bicyclic) bond motifs is 4. The van der Waals surface area contributed by atoms with E-state index in [-0.39, 0.29) is 0 Å². The predicted molar refractivity (Wildman–Crippen MR) is 60.9 cm³/mol. The maximum Gasteiger partial charge on any atom is 0.227 e. The minimum atomic E-state index is 0.318. The molecule has 0 radical (unpaired) electrons. The predicted octanol–water partition coefficient (Wildman–Crippen LogP) is 1.14. The van der Waals surface area contributed by atoms with Crippen molar-refractivity contribution in [2.75, 3.05) is 6.54 Å². The Labute approximate surface area is 96.6 Å². The second-order valence-electron chi connectivity index (χ2n) is 6.21. The van der Waals surface area contributed by atoms with Gasteiger partial charge in [0, 0.05) is 24.7 Å². The number of amides is 1. The van der Waals surface area contributed by atoms with E-state index in [1.165, 1.54) is 32.1 Å². The summed E-state index contributed by atoms with van der Waals surface area (Å²) in [7, 11) is 0. The fourth-order valence-electron chi connectivity index (χ4n) is 4.50. The lowest BCUT2D eigenvalue weighted by atomic mass is 9.87. The first-order chi connectivity index (χ1) is 7.81. The third-order valence-electron chi connectivity index (χ3n) is 5.31. The number of piperidine rings is 1. The summed E-state index contributed by atoms with van der Waals surface area (Å²) in [6, 6.07) is 1.77. The zero-order valence-electron chi connectivity index (χ0n) is 9.69. The molecule has 4 bridgehead atoms. The molecule has 4 fully saturated rings. The first-order valence-electron chi connectivity index (χ1n) is 6.88. The average molecular weight is 220 g/mol. The number of nitrogens with one attached hydrogen (secondary N) is 1. The van der Waals surface area contributed by atoms with Crippen molar-refractivity contribution in [1.82, 2.24) is 10.2 Å². The maximum atomic E-state index is 12.5. The van der Waals surface area contributed by atoms with Gasteiger partial charge in [-0.25, -0.2) is 0 Å². The fourth-order valence-corrected chi connectivity index (χ4v) is 4.50. The highest BCUT2D eigenvalue weighted by Gasteiger charge is 2.48. The minimum Gasteiger partial charge on any atom is -0.339 e. The van der Waals surface area contributed by atoms with Gasteiger partial charge in [-0.15, -0.1) is 0 Å². The van der Waals surface area contributed by atoms with Crippen molar-refractivity contribution in [3.63, 3.8) is 0 Å². The Morgan fingerprint density at radius 1 is 1.12 bits per heavy atom. The van der Waals surface area contributed by atoms with Crippen LogP contribution in [0, 0.1) is 11.8 Å². The highest BCUT2D eigenvalue weighted by atomic mass is 16.2. The molecule has 5 atom stereocenters. The van der Waals surface area contributed by atoms with Gasteiger partial charge in [-0.1, -0.05) is 0 Å².